The zero-order valence-electron chi connectivity index (χ0n) is 12.4. The first-order valence-corrected chi connectivity index (χ1v) is 8.58. The highest BCUT2D eigenvalue weighted by molar-refractivity contribution is 7.98. The average Bonchev–Trinajstić information content (AvgIpc) is 2.52. The highest BCUT2D eigenvalue weighted by Gasteiger charge is 2.26. The number of amides is 1. The molecular weight excluding hydrogens is 268 g/mol. The highest BCUT2D eigenvalue weighted by atomic mass is 32.2. The standard InChI is InChI=1S/C16H24N2OS/c1-17-11-10-14-5-3-4-12-18(14)16(19)13-6-8-15(20-2)9-7-13/h6-9,14,17H,3-5,10-12H2,1-2H3. The first kappa shape index (κ1) is 15.4. The highest BCUT2D eigenvalue weighted by Crippen LogP contribution is 2.23. The number of hydrogen-bond acceptors (Lipinski definition) is 3. The van der Waals surface area contributed by atoms with Crippen LogP contribution >= 0.6 is 11.8 Å². The van der Waals surface area contributed by atoms with E-state index in [0.717, 1.165) is 37.9 Å². The molecule has 0 radical (unpaired) electrons. The van der Waals surface area contributed by atoms with Gasteiger partial charge in [0.15, 0.2) is 0 Å². The fourth-order valence-corrected chi connectivity index (χ4v) is 3.19. The summed E-state index contributed by atoms with van der Waals surface area (Å²) in [5.74, 6) is 0.193. The van der Waals surface area contributed by atoms with Gasteiger partial charge in [-0.15, -0.1) is 11.8 Å². The van der Waals surface area contributed by atoms with Crippen molar-refractivity contribution in [1.29, 1.82) is 0 Å². The summed E-state index contributed by atoms with van der Waals surface area (Å²) < 4.78 is 0. The van der Waals surface area contributed by atoms with Gasteiger partial charge in [0.1, 0.15) is 0 Å². The van der Waals surface area contributed by atoms with Gasteiger partial charge in [0.25, 0.3) is 5.91 Å². The first-order chi connectivity index (χ1) is 9.76. The molecule has 1 N–H and O–H groups in total. The summed E-state index contributed by atoms with van der Waals surface area (Å²) in [4.78, 5) is 16.0. The summed E-state index contributed by atoms with van der Waals surface area (Å²) in [6.45, 7) is 1.87. The van der Waals surface area contributed by atoms with Gasteiger partial charge in [-0.25, -0.2) is 0 Å². The van der Waals surface area contributed by atoms with Crippen molar-refractivity contribution in [2.75, 3.05) is 26.4 Å². The molecule has 1 atom stereocenters. The summed E-state index contributed by atoms with van der Waals surface area (Å²) in [6.07, 6.45) is 6.60. The van der Waals surface area contributed by atoms with E-state index in [1.807, 2.05) is 31.3 Å². The lowest BCUT2D eigenvalue weighted by molar-refractivity contribution is 0.0602. The Morgan fingerprint density at radius 3 is 2.75 bits per heavy atom. The van der Waals surface area contributed by atoms with Crippen LogP contribution in [-0.2, 0) is 0 Å². The van der Waals surface area contributed by atoms with E-state index in [1.165, 1.54) is 11.3 Å². The van der Waals surface area contributed by atoms with Crippen molar-refractivity contribution in [2.24, 2.45) is 0 Å². The van der Waals surface area contributed by atoms with Crippen LogP contribution in [0.1, 0.15) is 36.0 Å². The molecule has 0 bridgehead atoms. The number of nitrogens with zero attached hydrogens (tertiary/aromatic N) is 1. The van der Waals surface area contributed by atoms with Gasteiger partial charge in [-0.3, -0.25) is 4.79 Å². The van der Waals surface area contributed by atoms with Crippen LogP contribution in [-0.4, -0.2) is 43.2 Å². The lowest BCUT2D eigenvalue weighted by atomic mass is 9.98. The van der Waals surface area contributed by atoms with Crippen LogP contribution in [0, 0.1) is 0 Å². The Morgan fingerprint density at radius 2 is 2.10 bits per heavy atom. The van der Waals surface area contributed by atoms with Crippen molar-refractivity contribution in [3.8, 4) is 0 Å². The SMILES string of the molecule is CNCCC1CCCCN1C(=O)c1ccc(SC)cc1. The van der Waals surface area contributed by atoms with E-state index in [-0.39, 0.29) is 5.91 Å². The molecule has 0 aliphatic carbocycles. The van der Waals surface area contributed by atoms with Crippen LogP contribution in [0.2, 0.25) is 0 Å². The largest absolute Gasteiger partial charge is 0.336 e. The molecule has 1 aliphatic heterocycles. The first-order valence-electron chi connectivity index (χ1n) is 7.36. The average molecular weight is 292 g/mol. The minimum atomic E-state index is 0.193. The fourth-order valence-electron chi connectivity index (χ4n) is 2.78. The molecule has 0 aromatic heterocycles. The Kier molecular flexibility index (Phi) is 5.92. The van der Waals surface area contributed by atoms with Crippen LogP contribution in [0.15, 0.2) is 29.2 Å². The Bertz CT molecular complexity index is 433. The van der Waals surface area contributed by atoms with Crippen LogP contribution in [0.5, 0.6) is 0 Å². The van der Waals surface area contributed by atoms with Crippen molar-refractivity contribution in [1.82, 2.24) is 10.2 Å². The van der Waals surface area contributed by atoms with E-state index < -0.39 is 0 Å². The molecule has 2 rings (SSSR count). The zero-order valence-corrected chi connectivity index (χ0v) is 13.2. The van der Waals surface area contributed by atoms with Crippen molar-refractivity contribution in [2.45, 2.75) is 36.6 Å². The second-order valence-electron chi connectivity index (χ2n) is 5.27. The van der Waals surface area contributed by atoms with Crippen molar-refractivity contribution >= 4 is 17.7 Å². The maximum atomic E-state index is 12.7. The predicted molar refractivity (Wildman–Crippen MR) is 85.4 cm³/mol. The third-order valence-electron chi connectivity index (χ3n) is 3.95. The number of hydrogen-bond donors (Lipinski definition) is 1. The quantitative estimate of drug-likeness (QED) is 0.847. The molecule has 0 saturated carbocycles. The summed E-state index contributed by atoms with van der Waals surface area (Å²) in [5.41, 5.74) is 0.819. The molecule has 1 fully saturated rings. The van der Waals surface area contributed by atoms with Gasteiger partial charge >= 0.3 is 0 Å². The second kappa shape index (κ2) is 7.70. The molecule has 1 aromatic rings. The number of carbonyl (C=O) groups excluding carboxylic acids is 1. The monoisotopic (exact) mass is 292 g/mol. The van der Waals surface area contributed by atoms with Crippen LogP contribution in [0.25, 0.3) is 0 Å². The van der Waals surface area contributed by atoms with Crippen molar-refractivity contribution in [3.63, 3.8) is 0 Å². The molecule has 110 valence electrons. The van der Waals surface area contributed by atoms with E-state index in [2.05, 4.69) is 16.5 Å². The lowest BCUT2D eigenvalue weighted by Crippen LogP contribution is -2.44. The third-order valence-corrected chi connectivity index (χ3v) is 4.70. The molecule has 1 amide bonds. The topological polar surface area (TPSA) is 32.3 Å². The zero-order chi connectivity index (χ0) is 14.4. The van der Waals surface area contributed by atoms with Crippen LogP contribution in [0.4, 0.5) is 0 Å². The van der Waals surface area contributed by atoms with E-state index in [1.54, 1.807) is 11.8 Å². The van der Waals surface area contributed by atoms with Gasteiger partial charge < -0.3 is 10.2 Å². The van der Waals surface area contributed by atoms with Gasteiger partial charge in [-0.1, -0.05) is 0 Å². The Morgan fingerprint density at radius 1 is 1.35 bits per heavy atom. The van der Waals surface area contributed by atoms with E-state index in [4.69, 9.17) is 0 Å². The molecule has 1 unspecified atom stereocenters. The number of carbonyl (C=O) groups is 1. The molecule has 20 heavy (non-hydrogen) atoms. The normalized spacial score (nSPS) is 19.1. The predicted octanol–water partition coefficient (Wildman–Crippen LogP) is 3.01. The van der Waals surface area contributed by atoms with Crippen LogP contribution in [0.3, 0.4) is 0 Å². The molecule has 4 heteroatoms. The van der Waals surface area contributed by atoms with Gasteiger partial charge in [-0.05, 0) is 69.8 Å². The van der Waals surface area contributed by atoms with Gasteiger partial charge in [0.2, 0.25) is 0 Å². The molecule has 3 nitrogen and oxygen atoms in total. The number of benzene rings is 1. The summed E-state index contributed by atoms with van der Waals surface area (Å²) in [5, 5.41) is 3.19. The van der Waals surface area contributed by atoms with Gasteiger partial charge in [0, 0.05) is 23.0 Å². The Hall–Kier alpha value is -1.00. The minimum absolute atomic E-state index is 0.193. The fraction of sp³-hybridized carbons (Fsp3) is 0.562. The molecule has 1 aromatic carbocycles. The Balaban J connectivity index is 2.07. The lowest BCUT2D eigenvalue weighted by Gasteiger charge is -2.36. The molecule has 0 spiro atoms. The molecule has 1 heterocycles. The number of piperidine rings is 1. The smallest absolute Gasteiger partial charge is 0.254 e. The van der Waals surface area contributed by atoms with Crippen molar-refractivity contribution in [3.05, 3.63) is 29.8 Å². The number of thioether (sulfide) groups is 1. The summed E-state index contributed by atoms with van der Waals surface area (Å²) >= 11 is 1.70. The second-order valence-corrected chi connectivity index (χ2v) is 6.15. The minimum Gasteiger partial charge on any atom is -0.336 e. The van der Waals surface area contributed by atoms with Gasteiger partial charge in [0.05, 0.1) is 0 Å². The maximum Gasteiger partial charge on any atom is 0.254 e. The molecule has 1 saturated heterocycles. The Labute approximate surface area is 126 Å². The van der Waals surface area contributed by atoms with E-state index >= 15 is 0 Å². The third kappa shape index (κ3) is 3.76. The summed E-state index contributed by atoms with van der Waals surface area (Å²) in [6, 6.07) is 8.37. The van der Waals surface area contributed by atoms with E-state index in [9.17, 15) is 4.79 Å². The number of likely N-dealkylation sites (tertiary alicyclic amines) is 1. The maximum absolute atomic E-state index is 12.7. The van der Waals surface area contributed by atoms with Crippen LogP contribution < -0.4 is 5.32 Å². The number of nitrogens with one attached hydrogen (secondary N) is 1. The van der Waals surface area contributed by atoms with E-state index in [0.29, 0.717) is 6.04 Å². The summed E-state index contributed by atoms with van der Waals surface area (Å²) in [7, 11) is 1.97. The molecule has 1 aliphatic rings. The number of rotatable bonds is 5. The molecular formula is C16H24N2OS. The van der Waals surface area contributed by atoms with Crippen molar-refractivity contribution < 1.29 is 4.79 Å². The van der Waals surface area contributed by atoms with Gasteiger partial charge in [-0.2, -0.15) is 0 Å².